The van der Waals surface area contributed by atoms with Crippen LogP contribution in [0.3, 0.4) is 0 Å². The van der Waals surface area contributed by atoms with Crippen molar-refractivity contribution in [1.29, 1.82) is 0 Å². The van der Waals surface area contributed by atoms with Crippen molar-refractivity contribution in [3.8, 4) is 0 Å². The molecule has 0 saturated heterocycles. The third kappa shape index (κ3) is 2.99. The van der Waals surface area contributed by atoms with Gasteiger partial charge in [0.2, 0.25) is 0 Å². The Morgan fingerprint density at radius 3 is 2.44 bits per heavy atom. The van der Waals surface area contributed by atoms with Gasteiger partial charge in [-0.25, -0.2) is 9.48 Å². The van der Waals surface area contributed by atoms with Gasteiger partial charge >= 0.3 is 5.97 Å². The predicted molar refractivity (Wildman–Crippen MR) is 65.3 cm³/mol. The van der Waals surface area contributed by atoms with Crippen LogP contribution < -0.4 is 5.73 Å². The molecule has 1 rings (SSSR count). The van der Waals surface area contributed by atoms with Crippen LogP contribution in [-0.4, -0.2) is 40.4 Å². The number of anilines is 1. The van der Waals surface area contributed by atoms with Crippen LogP contribution in [0.25, 0.3) is 0 Å². The molecule has 1 aromatic heterocycles. The monoisotopic (exact) mass is 257 g/mol. The highest BCUT2D eigenvalue weighted by Crippen LogP contribution is 2.21. The van der Waals surface area contributed by atoms with Crippen LogP contribution in [-0.2, 0) is 9.47 Å². The zero-order valence-corrected chi connectivity index (χ0v) is 10.8. The third-order valence-corrected chi connectivity index (χ3v) is 2.51. The van der Waals surface area contributed by atoms with Crippen LogP contribution >= 0.6 is 0 Å². The van der Waals surface area contributed by atoms with E-state index in [4.69, 9.17) is 20.3 Å². The minimum Gasteiger partial charge on any atom is -0.477 e. The van der Waals surface area contributed by atoms with Crippen LogP contribution in [0.4, 0.5) is 5.82 Å². The molecule has 0 spiro atoms. The van der Waals surface area contributed by atoms with E-state index in [0.29, 0.717) is 13.2 Å². The summed E-state index contributed by atoms with van der Waals surface area (Å²) in [5.74, 6) is -1.00. The molecule has 1 atom stereocenters. The van der Waals surface area contributed by atoms with Gasteiger partial charge in [-0.3, -0.25) is 0 Å². The summed E-state index contributed by atoms with van der Waals surface area (Å²) in [5.41, 5.74) is 5.72. The van der Waals surface area contributed by atoms with E-state index in [2.05, 4.69) is 5.10 Å². The molecule has 0 bridgehead atoms. The Morgan fingerprint density at radius 2 is 2.06 bits per heavy atom. The van der Waals surface area contributed by atoms with Crippen molar-refractivity contribution in [3.05, 3.63) is 11.8 Å². The average Bonchev–Trinajstić information content (AvgIpc) is 2.70. The van der Waals surface area contributed by atoms with Crippen molar-refractivity contribution in [2.45, 2.75) is 33.1 Å². The molecule has 0 aromatic carbocycles. The van der Waals surface area contributed by atoms with E-state index in [9.17, 15) is 4.79 Å². The summed E-state index contributed by atoms with van der Waals surface area (Å²) in [6.45, 7) is 6.50. The minimum atomic E-state index is -1.10. The molecule has 0 fully saturated rings. The molecule has 102 valence electrons. The van der Waals surface area contributed by atoms with Crippen molar-refractivity contribution >= 4 is 11.8 Å². The maximum atomic E-state index is 10.9. The van der Waals surface area contributed by atoms with E-state index in [1.165, 1.54) is 10.9 Å². The topological polar surface area (TPSA) is 99.6 Å². The Morgan fingerprint density at radius 1 is 1.50 bits per heavy atom. The largest absolute Gasteiger partial charge is 0.477 e. The van der Waals surface area contributed by atoms with Gasteiger partial charge in [-0.1, -0.05) is 0 Å². The molecule has 7 nitrogen and oxygen atoms in total. The summed E-state index contributed by atoms with van der Waals surface area (Å²) >= 11 is 0. The molecule has 0 aliphatic heterocycles. The fourth-order valence-electron chi connectivity index (χ4n) is 1.63. The fraction of sp³-hybridized carbons (Fsp3) is 0.636. The van der Waals surface area contributed by atoms with Crippen LogP contribution in [0.15, 0.2) is 6.20 Å². The summed E-state index contributed by atoms with van der Waals surface area (Å²) in [7, 11) is 0. The second-order valence-electron chi connectivity index (χ2n) is 3.71. The Labute approximate surface area is 105 Å². The number of nitrogens with two attached hydrogens (primary N) is 1. The van der Waals surface area contributed by atoms with E-state index in [0.717, 1.165) is 0 Å². The zero-order chi connectivity index (χ0) is 13.7. The Kier molecular flexibility index (Phi) is 5.11. The van der Waals surface area contributed by atoms with Gasteiger partial charge in [0.1, 0.15) is 17.4 Å². The standard InChI is InChI=1S/C11H19N3O4/c1-4-17-11(18-5-2)7(3)14-9(12)8(6-13-14)10(15)16/h6-7,11H,4-5,12H2,1-3H3,(H,15,16). The second-order valence-corrected chi connectivity index (χ2v) is 3.71. The number of carbonyl (C=O) groups is 1. The molecule has 0 aliphatic carbocycles. The summed E-state index contributed by atoms with van der Waals surface area (Å²) < 4.78 is 12.3. The van der Waals surface area contributed by atoms with Crippen molar-refractivity contribution < 1.29 is 19.4 Å². The maximum absolute atomic E-state index is 10.9. The number of aromatic carboxylic acids is 1. The lowest BCUT2D eigenvalue weighted by atomic mass is 10.3. The summed E-state index contributed by atoms with van der Waals surface area (Å²) in [5, 5.41) is 12.9. The van der Waals surface area contributed by atoms with Crippen LogP contribution in [0.2, 0.25) is 0 Å². The van der Waals surface area contributed by atoms with Gasteiger partial charge in [0.25, 0.3) is 0 Å². The Hall–Kier alpha value is -1.60. The molecule has 7 heteroatoms. The highest BCUT2D eigenvalue weighted by atomic mass is 16.7. The summed E-state index contributed by atoms with van der Waals surface area (Å²) in [6.07, 6.45) is 0.715. The third-order valence-electron chi connectivity index (χ3n) is 2.51. The van der Waals surface area contributed by atoms with Gasteiger partial charge in [-0.05, 0) is 20.8 Å². The molecule has 0 saturated carbocycles. The molecular formula is C11H19N3O4. The van der Waals surface area contributed by atoms with Crippen molar-refractivity contribution in [2.75, 3.05) is 18.9 Å². The molecule has 0 amide bonds. The average molecular weight is 257 g/mol. The van der Waals surface area contributed by atoms with Crippen molar-refractivity contribution in [3.63, 3.8) is 0 Å². The SMILES string of the molecule is CCOC(OCC)C(C)n1ncc(C(=O)O)c1N. The van der Waals surface area contributed by atoms with Gasteiger partial charge in [0.15, 0.2) is 6.29 Å². The lowest BCUT2D eigenvalue weighted by Crippen LogP contribution is -2.29. The predicted octanol–water partition coefficient (Wildman–Crippen LogP) is 1.12. The lowest BCUT2D eigenvalue weighted by molar-refractivity contribution is -0.160. The number of hydrogen-bond acceptors (Lipinski definition) is 5. The number of carboxylic acids is 1. The number of hydrogen-bond donors (Lipinski definition) is 2. The first-order valence-corrected chi connectivity index (χ1v) is 5.82. The second kappa shape index (κ2) is 6.36. The van der Waals surface area contributed by atoms with Gasteiger partial charge in [-0.15, -0.1) is 0 Å². The van der Waals surface area contributed by atoms with E-state index < -0.39 is 12.3 Å². The van der Waals surface area contributed by atoms with Gasteiger partial charge in [0.05, 0.1) is 6.20 Å². The first-order valence-electron chi connectivity index (χ1n) is 5.82. The zero-order valence-electron chi connectivity index (χ0n) is 10.8. The molecule has 1 aromatic rings. The summed E-state index contributed by atoms with van der Waals surface area (Å²) in [6, 6.07) is -0.307. The number of rotatable bonds is 7. The van der Waals surface area contributed by atoms with Crippen molar-refractivity contribution in [2.24, 2.45) is 0 Å². The molecule has 1 unspecified atom stereocenters. The smallest absolute Gasteiger partial charge is 0.341 e. The Balaban J connectivity index is 2.93. The lowest BCUT2D eigenvalue weighted by Gasteiger charge is -2.24. The number of nitrogens with zero attached hydrogens (tertiary/aromatic N) is 2. The molecule has 3 N–H and O–H groups in total. The first kappa shape index (κ1) is 14.5. The van der Waals surface area contributed by atoms with Crippen LogP contribution in [0.1, 0.15) is 37.2 Å². The van der Waals surface area contributed by atoms with E-state index in [-0.39, 0.29) is 17.4 Å². The number of nitrogen functional groups attached to an aromatic ring is 1. The van der Waals surface area contributed by atoms with Crippen LogP contribution in [0, 0.1) is 0 Å². The Bertz CT molecular complexity index is 399. The number of carboxylic acid groups (broad SMARTS) is 1. The van der Waals surface area contributed by atoms with E-state index >= 15 is 0 Å². The number of aromatic nitrogens is 2. The molecule has 0 aliphatic rings. The summed E-state index contributed by atoms with van der Waals surface area (Å²) in [4.78, 5) is 10.9. The first-order chi connectivity index (χ1) is 8.52. The number of ether oxygens (including phenoxy) is 2. The highest BCUT2D eigenvalue weighted by molar-refractivity contribution is 5.92. The van der Waals surface area contributed by atoms with Gasteiger partial charge in [-0.2, -0.15) is 5.10 Å². The maximum Gasteiger partial charge on any atom is 0.341 e. The molecule has 1 heterocycles. The van der Waals surface area contributed by atoms with Gasteiger partial charge in [0, 0.05) is 13.2 Å². The van der Waals surface area contributed by atoms with Crippen molar-refractivity contribution in [1.82, 2.24) is 9.78 Å². The highest BCUT2D eigenvalue weighted by Gasteiger charge is 2.24. The quantitative estimate of drug-likeness (QED) is 0.710. The fourth-order valence-corrected chi connectivity index (χ4v) is 1.63. The molecular weight excluding hydrogens is 238 g/mol. The van der Waals surface area contributed by atoms with E-state index in [1.54, 1.807) is 0 Å². The molecule has 18 heavy (non-hydrogen) atoms. The normalized spacial score (nSPS) is 12.9. The van der Waals surface area contributed by atoms with E-state index in [1.807, 2.05) is 20.8 Å². The minimum absolute atomic E-state index is 0.0198. The van der Waals surface area contributed by atoms with Crippen LogP contribution in [0.5, 0.6) is 0 Å². The molecule has 0 radical (unpaired) electrons. The van der Waals surface area contributed by atoms with Gasteiger partial charge < -0.3 is 20.3 Å².